The van der Waals surface area contributed by atoms with E-state index in [1.54, 1.807) is 6.08 Å². The minimum absolute atomic E-state index is 0.169. The van der Waals surface area contributed by atoms with Gasteiger partial charge in [-0.15, -0.1) is 6.58 Å². The lowest BCUT2D eigenvalue weighted by molar-refractivity contribution is -0.147. The summed E-state index contributed by atoms with van der Waals surface area (Å²) in [6, 6.07) is 9.52. The van der Waals surface area contributed by atoms with Gasteiger partial charge in [0, 0.05) is 18.9 Å². The summed E-state index contributed by atoms with van der Waals surface area (Å²) in [7, 11) is 0. The molecule has 1 aromatic rings. The average Bonchev–Trinajstić information content (AvgIpc) is 2.88. The molecule has 0 amide bonds. The average molecular weight is 259 g/mol. The summed E-state index contributed by atoms with van der Waals surface area (Å²) in [4.78, 5) is 15.6. The second-order valence-corrected chi connectivity index (χ2v) is 4.35. The van der Waals surface area contributed by atoms with Crippen molar-refractivity contribution >= 4 is 11.9 Å². The Kier molecular flexibility index (Phi) is 4.34. The summed E-state index contributed by atoms with van der Waals surface area (Å²) < 4.78 is 10.8. The third-order valence-corrected chi connectivity index (χ3v) is 2.84. The molecular weight excluding hydrogens is 242 g/mol. The van der Waals surface area contributed by atoms with Crippen molar-refractivity contribution in [3.8, 4) is 0 Å². The number of nitrogens with zero attached hydrogens (tertiary/aromatic N) is 1. The Balaban J connectivity index is 2.11. The molecule has 100 valence electrons. The number of hydrogen-bond acceptors (Lipinski definition) is 4. The highest BCUT2D eigenvalue weighted by molar-refractivity contribution is 5.95. The van der Waals surface area contributed by atoms with Crippen LogP contribution in [-0.4, -0.2) is 30.6 Å². The van der Waals surface area contributed by atoms with Crippen LogP contribution in [0.3, 0.4) is 0 Å². The molecule has 0 N–H and O–H groups in total. The second-order valence-electron chi connectivity index (χ2n) is 4.35. The van der Waals surface area contributed by atoms with Gasteiger partial charge in [0.05, 0.1) is 0 Å². The van der Waals surface area contributed by atoms with Crippen molar-refractivity contribution in [3.05, 3.63) is 48.6 Å². The number of rotatable bonds is 5. The van der Waals surface area contributed by atoms with Gasteiger partial charge in [-0.1, -0.05) is 24.3 Å². The van der Waals surface area contributed by atoms with Gasteiger partial charge in [-0.3, -0.25) is 4.79 Å². The molecule has 2 rings (SSSR count). The highest BCUT2D eigenvalue weighted by atomic mass is 16.5. The highest BCUT2D eigenvalue weighted by Crippen LogP contribution is 2.18. The molecule has 0 saturated carbocycles. The molecule has 1 aliphatic rings. The molecule has 0 fully saturated rings. The summed E-state index contributed by atoms with van der Waals surface area (Å²) >= 11 is 0. The van der Waals surface area contributed by atoms with Crippen molar-refractivity contribution in [1.29, 1.82) is 0 Å². The molecule has 0 aromatic heterocycles. The van der Waals surface area contributed by atoms with Gasteiger partial charge in [0.2, 0.25) is 5.90 Å². The number of carbonyl (C=O) groups excluding carboxylic acids is 1. The molecule has 0 bridgehead atoms. The first kappa shape index (κ1) is 13.3. The van der Waals surface area contributed by atoms with Crippen LogP contribution in [0.4, 0.5) is 0 Å². The fourth-order valence-electron chi connectivity index (χ4n) is 1.98. The van der Waals surface area contributed by atoms with Crippen molar-refractivity contribution in [2.75, 3.05) is 6.61 Å². The van der Waals surface area contributed by atoms with E-state index in [-0.39, 0.29) is 18.1 Å². The van der Waals surface area contributed by atoms with E-state index < -0.39 is 0 Å². The SMILES string of the molecule is C=CC[C@@H](OC(C)=O)[C@@H]1COC(c2ccccc2)=N1. The van der Waals surface area contributed by atoms with Crippen LogP contribution in [0.5, 0.6) is 0 Å². The van der Waals surface area contributed by atoms with Gasteiger partial charge in [0.25, 0.3) is 0 Å². The van der Waals surface area contributed by atoms with Crippen LogP contribution >= 0.6 is 0 Å². The predicted octanol–water partition coefficient (Wildman–Crippen LogP) is 2.34. The first-order chi connectivity index (χ1) is 9.20. The van der Waals surface area contributed by atoms with E-state index in [0.29, 0.717) is 18.9 Å². The minimum atomic E-state index is -0.310. The Morgan fingerprint density at radius 1 is 1.58 bits per heavy atom. The maximum absolute atomic E-state index is 11.1. The third kappa shape index (κ3) is 3.44. The molecule has 19 heavy (non-hydrogen) atoms. The molecule has 0 unspecified atom stereocenters. The number of benzene rings is 1. The summed E-state index contributed by atoms with van der Waals surface area (Å²) in [5.41, 5.74) is 0.935. The maximum atomic E-state index is 11.1. The normalized spacial score (nSPS) is 19.2. The minimum Gasteiger partial charge on any atom is -0.475 e. The standard InChI is InChI=1S/C15H17NO3/c1-3-7-14(19-11(2)17)13-10-18-15(16-13)12-8-5-4-6-9-12/h3-6,8-9,13-14H,1,7,10H2,2H3/t13-,14+/m0/s1. The zero-order chi connectivity index (χ0) is 13.7. The second kappa shape index (κ2) is 6.18. The number of aliphatic imine (C=N–C) groups is 1. The van der Waals surface area contributed by atoms with Crippen LogP contribution in [0.1, 0.15) is 18.9 Å². The highest BCUT2D eigenvalue weighted by Gasteiger charge is 2.29. The molecular formula is C15H17NO3. The van der Waals surface area contributed by atoms with Crippen LogP contribution in [-0.2, 0) is 14.3 Å². The molecule has 1 aliphatic heterocycles. The van der Waals surface area contributed by atoms with Crippen LogP contribution in [0.15, 0.2) is 48.0 Å². The largest absolute Gasteiger partial charge is 0.475 e. The lowest BCUT2D eigenvalue weighted by Gasteiger charge is -2.18. The predicted molar refractivity (Wildman–Crippen MR) is 73.1 cm³/mol. The van der Waals surface area contributed by atoms with Gasteiger partial charge in [0.15, 0.2) is 0 Å². The molecule has 1 aromatic carbocycles. The van der Waals surface area contributed by atoms with E-state index in [1.165, 1.54) is 6.92 Å². The number of carbonyl (C=O) groups is 1. The molecule has 1 heterocycles. The quantitative estimate of drug-likeness (QED) is 0.602. The van der Waals surface area contributed by atoms with E-state index in [9.17, 15) is 4.79 Å². The first-order valence-corrected chi connectivity index (χ1v) is 6.25. The van der Waals surface area contributed by atoms with E-state index in [2.05, 4.69) is 11.6 Å². The molecule has 4 heteroatoms. The zero-order valence-electron chi connectivity index (χ0n) is 10.9. The van der Waals surface area contributed by atoms with Crippen LogP contribution in [0, 0.1) is 0 Å². The van der Waals surface area contributed by atoms with E-state index in [4.69, 9.17) is 9.47 Å². The molecule has 0 radical (unpaired) electrons. The topological polar surface area (TPSA) is 47.9 Å². The molecule has 4 nitrogen and oxygen atoms in total. The summed E-state index contributed by atoms with van der Waals surface area (Å²) in [5.74, 6) is 0.294. The first-order valence-electron chi connectivity index (χ1n) is 6.25. The Morgan fingerprint density at radius 3 is 2.95 bits per heavy atom. The van der Waals surface area contributed by atoms with Crippen molar-refractivity contribution in [2.24, 2.45) is 4.99 Å². The fourth-order valence-corrected chi connectivity index (χ4v) is 1.98. The number of hydrogen-bond donors (Lipinski definition) is 0. The fraction of sp³-hybridized carbons (Fsp3) is 0.333. The van der Waals surface area contributed by atoms with Crippen LogP contribution in [0.2, 0.25) is 0 Å². The molecule has 2 atom stereocenters. The monoisotopic (exact) mass is 259 g/mol. The van der Waals surface area contributed by atoms with Gasteiger partial charge in [0.1, 0.15) is 18.8 Å². The van der Waals surface area contributed by atoms with E-state index in [0.717, 1.165) is 5.56 Å². The maximum Gasteiger partial charge on any atom is 0.302 e. The smallest absolute Gasteiger partial charge is 0.302 e. The van der Waals surface area contributed by atoms with Gasteiger partial charge in [-0.05, 0) is 12.1 Å². The van der Waals surface area contributed by atoms with Gasteiger partial charge < -0.3 is 9.47 Å². The van der Waals surface area contributed by atoms with Gasteiger partial charge in [-0.25, -0.2) is 4.99 Å². The number of ether oxygens (including phenoxy) is 2. The lowest BCUT2D eigenvalue weighted by Crippen LogP contribution is -2.30. The number of esters is 1. The molecule has 0 aliphatic carbocycles. The van der Waals surface area contributed by atoms with Gasteiger partial charge >= 0.3 is 5.97 Å². The summed E-state index contributed by atoms with van der Waals surface area (Å²) in [6.45, 7) is 5.50. The van der Waals surface area contributed by atoms with E-state index >= 15 is 0 Å². The van der Waals surface area contributed by atoms with Crippen LogP contribution in [0.25, 0.3) is 0 Å². The lowest BCUT2D eigenvalue weighted by atomic mass is 10.1. The molecule has 0 spiro atoms. The Bertz CT molecular complexity index is 481. The Morgan fingerprint density at radius 2 is 2.32 bits per heavy atom. The Hall–Kier alpha value is -2.10. The van der Waals surface area contributed by atoms with Crippen LogP contribution < -0.4 is 0 Å². The zero-order valence-corrected chi connectivity index (χ0v) is 10.9. The Labute approximate surface area is 112 Å². The summed E-state index contributed by atoms with van der Waals surface area (Å²) in [6.07, 6.45) is 1.99. The molecule has 0 saturated heterocycles. The van der Waals surface area contributed by atoms with Gasteiger partial charge in [-0.2, -0.15) is 0 Å². The van der Waals surface area contributed by atoms with Crippen molar-refractivity contribution < 1.29 is 14.3 Å². The van der Waals surface area contributed by atoms with Crippen molar-refractivity contribution in [2.45, 2.75) is 25.5 Å². The van der Waals surface area contributed by atoms with E-state index in [1.807, 2.05) is 30.3 Å². The van der Waals surface area contributed by atoms with Crippen molar-refractivity contribution in [3.63, 3.8) is 0 Å². The summed E-state index contributed by atoms with van der Waals surface area (Å²) in [5, 5.41) is 0. The van der Waals surface area contributed by atoms with Crippen molar-refractivity contribution in [1.82, 2.24) is 0 Å². The third-order valence-electron chi connectivity index (χ3n) is 2.84.